The molecule has 0 unspecified atom stereocenters. The minimum absolute atomic E-state index is 0.570. The standard InChI is InChI=1S/C13H17N/c1-10(2)14-9-8-11(3)12-6-4-5-7-13(12)14/h4-8,10H,9H2,1-3H3. The molecule has 0 saturated carbocycles. The molecule has 1 aromatic carbocycles. The Morgan fingerprint density at radius 1 is 1.21 bits per heavy atom. The van der Waals surface area contributed by atoms with Gasteiger partial charge in [-0.05, 0) is 32.4 Å². The molecule has 0 spiro atoms. The second-order valence-corrected chi connectivity index (χ2v) is 4.15. The van der Waals surface area contributed by atoms with Crippen LogP contribution >= 0.6 is 0 Å². The first-order chi connectivity index (χ1) is 6.70. The molecule has 0 atom stereocenters. The zero-order valence-corrected chi connectivity index (χ0v) is 9.12. The first kappa shape index (κ1) is 9.32. The molecular weight excluding hydrogens is 170 g/mol. The smallest absolute Gasteiger partial charge is 0.0447 e. The highest BCUT2D eigenvalue weighted by Crippen LogP contribution is 2.31. The van der Waals surface area contributed by atoms with Crippen molar-refractivity contribution in [2.24, 2.45) is 0 Å². The third-order valence-electron chi connectivity index (χ3n) is 2.86. The van der Waals surface area contributed by atoms with Gasteiger partial charge in [-0.2, -0.15) is 0 Å². The van der Waals surface area contributed by atoms with Crippen molar-refractivity contribution in [3.05, 3.63) is 35.9 Å². The zero-order chi connectivity index (χ0) is 10.1. The molecule has 1 heteroatoms. The van der Waals surface area contributed by atoms with Gasteiger partial charge in [0.1, 0.15) is 0 Å². The van der Waals surface area contributed by atoms with E-state index >= 15 is 0 Å². The molecule has 0 aromatic heterocycles. The third kappa shape index (κ3) is 1.43. The van der Waals surface area contributed by atoms with Gasteiger partial charge in [-0.1, -0.05) is 24.3 Å². The highest BCUT2D eigenvalue weighted by molar-refractivity contribution is 5.79. The minimum atomic E-state index is 0.570. The lowest BCUT2D eigenvalue weighted by molar-refractivity contribution is 0.718. The highest BCUT2D eigenvalue weighted by atomic mass is 15.2. The summed E-state index contributed by atoms with van der Waals surface area (Å²) in [5, 5.41) is 0. The maximum Gasteiger partial charge on any atom is 0.0447 e. The molecule has 2 rings (SSSR count). The Morgan fingerprint density at radius 3 is 2.64 bits per heavy atom. The van der Waals surface area contributed by atoms with Crippen molar-refractivity contribution in [3.8, 4) is 0 Å². The van der Waals surface area contributed by atoms with Crippen molar-refractivity contribution in [3.63, 3.8) is 0 Å². The molecule has 1 aliphatic rings. The Bertz CT molecular complexity index is 363. The molecule has 1 heterocycles. The summed E-state index contributed by atoms with van der Waals surface area (Å²) in [5.74, 6) is 0. The van der Waals surface area contributed by atoms with Crippen LogP contribution in [0.5, 0.6) is 0 Å². The summed E-state index contributed by atoms with van der Waals surface area (Å²) in [6.45, 7) is 7.72. The van der Waals surface area contributed by atoms with Gasteiger partial charge in [-0.25, -0.2) is 0 Å². The fourth-order valence-electron chi connectivity index (χ4n) is 1.99. The van der Waals surface area contributed by atoms with E-state index in [-0.39, 0.29) is 0 Å². The lowest BCUT2D eigenvalue weighted by atomic mass is 9.99. The summed E-state index contributed by atoms with van der Waals surface area (Å²) in [6.07, 6.45) is 2.31. The van der Waals surface area contributed by atoms with Gasteiger partial charge in [-0.3, -0.25) is 0 Å². The number of benzene rings is 1. The Labute approximate surface area is 86.1 Å². The molecule has 0 bridgehead atoms. The zero-order valence-electron chi connectivity index (χ0n) is 9.12. The van der Waals surface area contributed by atoms with Crippen LogP contribution in [0.3, 0.4) is 0 Å². The number of allylic oxidation sites excluding steroid dienone is 1. The maximum absolute atomic E-state index is 2.43. The van der Waals surface area contributed by atoms with E-state index in [1.807, 2.05) is 0 Å². The van der Waals surface area contributed by atoms with E-state index in [1.54, 1.807) is 0 Å². The topological polar surface area (TPSA) is 3.24 Å². The molecule has 0 amide bonds. The number of hydrogen-bond acceptors (Lipinski definition) is 1. The fourth-order valence-corrected chi connectivity index (χ4v) is 1.99. The van der Waals surface area contributed by atoms with Crippen molar-refractivity contribution >= 4 is 11.3 Å². The molecule has 14 heavy (non-hydrogen) atoms. The van der Waals surface area contributed by atoms with E-state index in [0.717, 1.165) is 6.54 Å². The Hall–Kier alpha value is -1.24. The van der Waals surface area contributed by atoms with Crippen LogP contribution in [-0.2, 0) is 0 Å². The quantitative estimate of drug-likeness (QED) is 0.652. The van der Waals surface area contributed by atoms with Crippen LogP contribution in [0.25, 0.3) is 5.57 Å². The van der Waals surface area contributed by atoms with Crippen LogP contribution in [0.4, 0.5) is 5.69 Å². The average Bonchev–Trinajstić information content (AvgIpc) is 2.18. The molecule has 0 aliphatic carbocycles. The molecule has 0 N–H and O–H groups in total. The summed E-state index contributed by atoms with van der Waals surface area (Å²) >= 11 is 0. The van der Waals surface area contributed by atoms with Gasteiger partial charge in [0.15, 0.2) is 0 Å². The summed E-state index contributed by atoms with van der Waals surface area (Å²) in [6, 6.07) is 9.22. The Balaban J connectivity index is 2.49. The number of anilines is 1. The number of nitrogens with zero attached hydrogens (tertiary/aromatic N) is 1. The van der Waals surface area contributed by atoms with E-state index in [2.05, 4.69) is 56.0 Å². The maximum atomic E-state index is 2.43. The van der Waals surface area contributed by atoms with Crippen molar-refractivity contribution in [2.45, 2.75) is 26.8 Å². The lowest BCUT2D eigenvalue weighted by Crippen LogP contribution is -2.33. The van der Waals surface area contributed by atoms with E-state index in [1.165, 1.54) is 16.8 Å². The minimum Gasteiger partial charge on any atom is -0.365 e. The van der Waals surface area contributed by atoms with Gasteiger partial charge in [0.2, 0.25) is 0 Å². The van der Waals surface area contributed by atoms with Crippen LogP contribution < -0.4 is 4.90 Å². The molecule has 1 nitrogen and oxygen atoms in total. The predicted molar refractivity (Wildman–Crippen MR) is 62.6 cm³/mol. The first-order valence-electron chi connectivity index (χ1n) is 5.23. The van der Waals surface area contributed by atoms with Crippen LogP contribution in [0, 0.1) is 0 Å². The molecule has 1 aliphatic heterocycles. The van der Waals surface area contributed by atoms with Crippen molar-refractivity contribution < 1.29 is 0 Å². The fraction of sp³-hybridized carbons (Fsp3) is 0.385. The second-order valence-electron chi connectivity index (χ2n) is 4.15. The molecule has 74 valence electrons. The lowest BCUT2D eigenvalue weighted by Gasteiger charge is -2.33. The number of para-hydroxylation sites is 1. The van der Waals surface area contributed by atoms with Crippen molar-refractivity contribution in [1.29, 1.82) is 0 Å². The molecule has 0 saturated heterocycles. The predicted octanol–water partition coefficient (Wildman–Crippen LogP) is 3.32. The van der Waals surface area contributed by atoms with Crippen molar-refractivity contribution in [2.75, 3.05) is 11.4 Å². The Kier molecular flexibility index (Phi) is 2.32. The monoisotopic (exact) mass is 187 g/mol. The summed E-state index contributed by atoms with van der Waals surface area (Å²) < 4.78 is 0. The SMILES string of the molecule is CC1=CCN(C(C)C)c2ccccc21. The van der Waals surface area contributed by atoms with E-state index in [9.17, 15) is 0 Å². The molecule has 0 radical (unpaired) electrons. The van der Waals surface area contributed by atoms with Crippen LogP contribution in [0.15, 0.2) is 30.3 Å². The summed E-state index contributed by atoms with van der Waals surface area (Å²) in [5.41, 5.74) is 4.16. The number of hydrogen-bond donors (Lipinski definition) is 0. The summed E-state index contributed by atoms with van der Waals surface area (Å²) in [4.78, 5) is 2.43. The average molecular weight is 187 g/mol. The van der Waals surface area contributed by atoms with Crippen LogP contribution in [-0.4, -0.2) is 12.6 Å². The van der Waals surface area contributed by atoms with Crippen LogP contribution in [0.1, 0.15) is 26.3 Å². The van der Waals surface area contributed by atoms with Gasteiger partial charge in [-0.15, -0.1) is 0 Å². The second kappa shape index (κ2) is 3.49. The van der Waals surface area contributed by atoms with Crippen LogP contribution in [0.2, 0.25) is 0 Å². The Morgan fingerprint density at radius 2 is 1.93 bits per heavy atom. The van der Waals surface area contributed by atoms with Crippen molar-refractivity contribution in [1.82, 2.24) is 0 Å². The molecule has 0 fully saturated rings. The highest BCUT2D eigenvalue weighted by Gasteiger charge is 2.17. The normalized spacial score (nSPS) is 15.4. The van der Waals surface area contributed by atoms with Gasteiger partial charge < -0.3 is 4.90 Å². The van der Waals surface area contributed by atoms with E-state index in [4.69, 9.17) is 0 Å². The van der Waals surface area contributed by atoms with E-state index in [0.29, 0.717) is 6.04 Å². The number of rotatable bonds is 1. The van der Waals surface area contributed by atoms with E-state index < -0.39 is 0 Å². The molecule has 1 aromatic rings. The van der Waals surface area contributed by atoms with Gasteiger partial charge in [0.25, 0.3) is 0 Å². The largest absolute Gasteiger partial charge is 0.365 e. The molecular formula is C13H17N. The summed E-state index contributed by atoms with van der Waals surface area (Å²) in [7, 11) is 0. The van der Waals surface area contributed by atoms with Gasteiger partial charge in [0.05, 0.1) is 0 Å². The van der Waals surface area contributed by atoms with Gasteiger partial charge in [0, 0.05) is 23.8 Å². The van der Waals surface area contributed by atoms with Gasteiger partial charge >= 0.3 is 0 Å². The number of fused-ring (bicyclic) bond motifs is 1. The first-order valence-corrected chi connectivity index (χ1v) is 5.23. The third-order valence-corrected chi connectivity index (χ3v) is 2.86.